The zero-order valence-electron chi connectivity index (χ0n) is 15.7. The number of nitrogens with zero attached hydrogens (tertiary/aromatic N) is 3. The van der Waals surface area contributed by atoms with Gasteiger partial charge in [-0.3, -0.25) is 14.7 Å². The Kier molecular flexibility index (Phi) is 5.74. The molecule has 0 aliphatic carbocycles. The number of aryl methyl sites for hydroxylation is 1. The van der Waals surface area contributed by atoms with E-state index in [1.54, 1.807) is 23.4 Å². The SMILES string of the molecule is Cc1ccc(OCC(=O)N(Cc2cccnc2)c2nc3ccc(Cl)cc3s2)cc1. The van der Waals surface area contributed by atoms with E-state index in [1.165, 1.54) is 11.3 Å². The van der Waals surface area contributed by atoms with E-state index >= 15 is 0 Å². The molecule has 5 nitrogen and oxygen atoms in total. The number of fused-ring (bicyclic) bond motifs is 1. The van der Waals surface area contributed by atoms with Crippen LogP contribution in [0.3, 0.4) is 0 Å². The van der Waals surface area contributed by atoms with Crippen LogP contribution in [0.5, 0.6) is 5.75 Å². The van der Waals surface area contributed by atoms with Gasteiger partial charge in [-0.05, 0) is 48.9 Å². The lowest BCUT2D eigenvalue weighted by molar-refractivity contribution is -0.120. The highest BCUT2D eigenvalue weighted by atomic mass is 35.5. The number of hydrogen-bond donors (Lipinski definition) is 0. The minimum Gasteiger partial charge on any atom is -0.484 e. The summed E-state index contributed by atoms with van der Waals surface area (Å²) >= 11 is 7.52. The van der Waals surface area contributed by atoms with Gasteiger partial charge in [0.05, 0.1) is 16.8 Å². The Morgan fingerprint density at radius 3 is 2.76 bits per heavy atom. The highest BCUT2D eigenvalue weighted by Gasteiger charge is 2.21. The second-order valence-electron chi connectivity index (χ2n) is 6.55. The van der Waals surface area contributed by atoms with Crippen LogP contribution in [-0.2, 0) is 11.3 Å². The standard InChI is InChI=1S/C22H18ClN3O2S/c1-15-4-7-18(8-5-15)28-14-21(27)26(13-16-3-2-10-24-12-16)22-25-19-9-6-17(23)11-20(19)29-22/h2-12H,13-14H2,1H3. The van der Waals surface area contributed by atoms with Crippen LogP contribution >= 0.6 is 22.9 Å². The van der Waals surface area contributed by atoms with Gasteiger partial charge in [-0.15, -0.1) is 0 Å². The summed E-state index contributed by atoms with van der Waals surface area (Å²) in [6.07, 6.45) is 3.45. The van der Waals surface area contributed by atoms with Crippen LogP contribution in [0.1, 0.15) is 11.1 Å². The average molecular weight is 424 g/mol. The summed E-state index contributed by atoms with van der Waals surface area (Å²) in [6, 6.07) is 16.9. The Labute approximate surface area is 177 Å². The first-order valence-electron chi connectivity index (χ1n) is 9.03. The van der Waals surface area contributed by atoms with Crippen molar-refractivity contribution in [2.24, 2.45) is 0 Å². The van der Waals surface area contributed by atoms with Gasteiger partial charge in [0.1, 0.15) is 5.75 Å². The van der Waals surface area contributed by atoms with Gasteiger partial charge in [0.2, 0.25) is 0 Å². The summed E-state index contributed by atoms with van der Waals surface area (Å²) in [7, 11) is 0. The third-order valence-corrected chi connectivity index (χ3v) is 5.59. The van der Waals surface area contributed by atoms with Crippen molar-refractivity contribution in [2.45, 2.75) is 13.5 Å². The molecule has 4 rings (SSSR count). The van der Waals surface area contributed by atoms with Crippen LogP contribution in [0.15, 0.2) is 67.0 Å². The molecule has 146 valence electrons. The number of ether oxygens (including phenoxy) is 1. The Hall–Kier alpha value is -2.96. The fraction of sp³-hybridized carbons (Fsp3) is 0.136. The highest BCUT2D eigenvalue weighted by Crippen LogP contribution is 2.31. The largest absolute Gasteiger partial charge is 0.484 e. The molecule has 0 fully saturated rings. The van der Waals surface area contributed by atoms with E-state index in [2.05, 4.69) is 9.97 Å². The molecule has 2 heterocycles. The Morgan fingerprint density at radius 2 is 2.00 bits per heavy atom. The van der Waals surface area contributed by atoms with Crippen LogP contribution in [0, 0.1) is 6.92 Å². The Balaban J connectivity index is 1.59. The van der Waals surface area contributed by atoms with Crippen molar-refractivity contribution in [3.05, 3.63) is 83.1 Å². The molecule has 2 aromatic carbocycles. The molecular weight excluding hydrogens is 406 g/mol. The second-order valence-corrected chi connectivity index (χ2v) is 8.00. The third kappa shape index (κ3) is 4.72. The quantitative estimate of drug-likeness (QED) is 0.424. The lowest BCUT2D eigenvalue weighted by Crippen LogP contribution is -2.34. The van der Waals surface area contributed by atoms with Gasteiger partial charge >= 0.3 is 0 Å². The van der Waals surface area contributed by atoms with Crippen molar-refractivity contribution in [2.75, 3.05) is 11.5 Å². The summed E-state index contributed by atoms with van der Waals surface area (Å²) in [4.78, 5) is 23.5. The maximum Gasteiger partial charge on any atom is 0.267 e. The first-order valence-corrected chi connectivity index (χ1v) is 10.2. The molecule has 0 unspecified atom stereocenters. The number of pyridine rings is 1. The number of carbonyl (C=O) groups is 1. The van der Waals surface area contributed by atoms with E-state index in [9.17, 15) is 4.79 Å². The van der Waals surface area contributed by atoms with E-state index in [4.69, 9.17) is 16.3 Å². The van der Waals surface area contributed by atoms with Crippen molar-refractivity contribution < 1.29 is 9.53 Å². The molecule has 4 aromatic rings. The summed E-state index contributed by atoms with van der Waals surface area (Å²) < 4.78 is 6.63. The van der Waals surface area contributed by atoms with Gasteiger partial charge in [-0.1, -0.05) is 46.7 Å². The number of aromatic nitrogens is 2. The number of benzene rings is 2. The van der Waals surface area contributed by atoms with E-state index < -0.39 is 0 Å². The zero-order valence-corrected chi connectivity index (χ0v) is 17.3. The van der Waals surface area contributed by atoms with Crippen molar-refractivity contribution in [1.29, 1.82) is 0 Å². The van der Waals surface area contributed by atoms with E-state index in [-0.39, 0.29) is 12.5 Å². The van der Waals surface area contributed by atoms with E-state index in [1.807, 2.05) is 55.5 Å². The lowest BCUT2D eigenvalue weighted by Gasteiger charge is -2.20. The molecule has 0 spiro atoms. The molecule has 2 aromatic heterocycles. The maximum absolute atomic E-state index is 13.1. The van der Waals surface area contributed by atoms with Crippen LogP contribution in [0.4, 0.5) is 5.13 Å². The van der Waals surface area contributed by atoms with Crippen LogP contribution in [0.25, 0.3) is 10.2 Å². The molecule has 1 amide bonds. The highest BCUT2D eigenvalue weighted by molar-refractivity contribution is 7.22. The van der Waals surface area contributed by atoms with Gasteiger partial charge in [0.15, 0.2) is 11.7 Å². The van der Waals surface area contributed by atoms with Gasteiger partial charge in [0.25, 0.3) is 5.91 Å². The molecule has 0 atom stereocenters. The number of amides is 1. The molecule has 0 saturated heterocycles. The van der Waals surface area contributed by atoms with Crippen LogP contribution < -0.4 is 9.64 Å². The minimum absolute atomic E-state index is 0.0833. The molecule has 7 heteroatoms. The van der Waals surface area contributed by atoms with Gasteiger partial charge in [0, 0.05) is 17.4 Å². The maximum atomic E-state index is 13.1. The first-order chi connectivity index (χ1) is 14.1. The van der Waals surface area contributed by atoms with E-state index in [0.29, 0.717) is 22.4 Å². The van der Waals surface area contributed by atoms with Crippen molar-refractivity contribution in [3.63, 3.8) is 0 Å². The van der Waals surface area contributed by atoms with E-state index in [0.717, 1.165) is 21.3 Å². The predicted molar refractivity (Wildman–Crippen MR) is 117 cm³/mol. The normalized spacial score (nSPS) is 10.8. The third-order valence-electron chi connectivity index (χ3n) is 4.32. The molecule has 0 radical (unpaired) electrons. The molecule has 29 heavy (non-hydrogen) atoms. The molecule has 0 saturated carbocycles. The molecule has 0 bridgehead atoms. The molecule has 0 aliphatic rings. The van der Waals surface area contributed by atoms with Gasteiger partial charge in [-0.25, -0.2) is 4.98 Å². The number of carbonyl (C=O) groups excluding carboxylic acids is 1. The smallest absolute Gasteiger partial charge is 0.267 e. The fourth-order valence-corrected chi connectivity index (χ4v) is 4.05. The molecular formula is C22H18ClN3O2S. The predicted octanol–water partition coefficient (Wildman–Crippen LogP) is 5.27. The van der Waals surface area contributed by atoms with Crippen LogP contribution in [-0.4, -0.2) is 22.5 Å². The lowest BCUT2D eigenvalue weighted by atomic mass is 10.2. The fourth-order valence-electron chi connectivity index (χ4n) is 2.80. The molecule has 0 aliphatic heterocycles. The summed E-state index contributed by atoms with van der Waals surface area (Å²) in [6.45, 7) is 2.28. The summed E-state index contributed by atoms with van der Waals surface area (Å²) in [5.74, 6) is 0.473. The monoisotopic (exact) mass is 423 g/mol. The second kappa shape index (κ2) is 8.59. The number of thiazole rings is 1. The molecule has 0 N–H and O–H groups in total. The van der Waals surface area contributed by atoms with Crippen LogP contribution in [0.2, 0.25) is 5.02 Å². The Morgan fingerprint density at radius 1 is 1.17 bits per heavy atom. The average Bonchev–Trinajstić information content (AvgIpc) is 3.15. The minimum atomic E-state index is -0.181. The van der Waals surface area contributed by atoms with Crippen molar-refractivity contribution in [1.82, 2.24) is 9.97 Å². The number of rotatable bonds is 6. The van der Waals surface area contributed by atoms with Crippen molar-refractivity contribution >= 4 is 44.2 Å². The first kappa shape index (κ1) is 19.4. The van der Waals surface area contributed by atoms with Gasteiger partial charge < -0.3 is 4.74 Å². The van der Waals surface area contributed by atoms with Crippen molar-refractivity contribution in [3.8, 4) is 5.75 Å². The number of anilines is 1. The summed E-state index contributed by atoms with van der Waals surface area (Å²) in [5.41, 5.74) is 2.85. The zero-order chi connectivity index (χ0) is 20.2. The number of halogens is 1. The topological polar surface area (TPSA) is 55.3 Å². The summed E-state index contributed by atoms with van der Waals surface area (Å²) in [5, 5.41) is 1.24. The van der Waals surface area contributed by atoms with Gasteiger partial charge in [-0.2, -0.15) is 0 Å². The number of hydrogen-bond acceptors (Lipinski definition) is 5. The Bertz CT molecular complexity index is 1130.